The van der Waals surface area contributed by atoms with Gasteiger partial charge in [-0.2, -0.15) is 0 Å². The fourth-order valence-electron chi connectivity index (χ4n) is 1.72. The average Bonchev–Trinajstić information content (AvgIpc) is 2.46. The normalized spacial score (nSPS) is 11.6. The van der Waals surface area contributed by atoms with Crippen LogP contribution in [0.1, 0.15) is 11.1 Å². The van der Waals surface area contributed by atoms with Gasteiger partial charge in [0.2, 0.25) is 0 Å². The molecule has 0 aromatic heterocycles. The third-order valence-corrected chi connectivity index (χ3v) is 3.72. The number of benzene rings is 2. The molecular weight excluding hydrogens is 254 g/mol. The summed E-state index contributed by atoms with van der Waals surface area (Å²) >= 11 is 0. The van der Waals surface area contributed by atoms with Crippen LogP contribution in [0.3, 0.4) is 0 Å². The summed E-state index contributed by atoms with van der Waals surface area (Å²) in [5.74, 6) is 2.61. The molecule has 2 rings (SSSR count). The van der Waals surface area contributed by atoms with E-state index in [1.54, 1.807) is 6.26 Å². The number of nitrogens with one attached hydrogen (secondary N) is 1. The highest BCUT2D eigenvalue weighted by Crippen LogP contribution is 2.13. The van der Waals surface area contributed by atoms with Crippen LogP contribution in [0.2, 0.25) is 0 Å². The Morgan fingerprint density at radius 2 is 1.95 bits per heavy atom. The largest absolute Gasteiger partial charge is 0.381 e. The van der Waals surface area contributed by atoms with Gasteiger partial charge in [-0.15, -0.1) is 6.42 Å². The summed E-state index contributed by atoms with van der Waals surface area (Å²) in [6.07, 6.45) is 7.04. The van der Waals surface area contributed by atoms with E-state index < -0.39 is 10.8 Å². The van der Waals surface area contributed by atoms with Gasteiger partial charge in [-0.1, -0.05) is 24.1 Å². The second-order valence-corrected chi connectivity index (χ2v) is 5.56. The van der Waals surface area contributed by atoms with Crippen LogP contribution in [-0.2, 0) is 17.3 Å². The highest BCUT2D eigenvalue weighted by molar-refractivity contribution is 7.84. The quantitative estimate of drug-likeness (QED) is 0.864. The van der Waals surface area contributed by atoms with Crippen LogP contribution in [0, 0.1) is 12.3 Å². The van der Waals surface area contributed by atoms with Crippen LogP contribution in [0.4, 0.5) is 5.69 Å². The van der Waals surface area contributed by atoms with E-state index in [1.807, 2.05) is 48.5 Å². The number of hydrogen-bond donors (Lipinski definition) is 1. The zero-order valence-corrected chi connectivity index (χ0v) is 11.5. The minimum absolute atomic E-state index is 0.713. The molecule has 0 heterocycles. The molecule has 1 N–H and O–H groups in total. The monoisotopic (exact) mass is 269 g/mol. The molecule has 96 valence electrons. The van der Waals surface area contributed by atoms with Crippen molar-refractivity contribution in [1.29, 1.82) is 0 Å². The van der Waals surface area contributed by atoms with Gasteiger partial charge in [-0.25, -0.2) is 0 Å². The van der Waals surface area contributed by atoms with Gasteiger partial charge in [0, 0.05) is 39.7 Å². The molecule has 0 spiro atoms. The molecule has 0 aliphatic carbocycles. The summed E-state index contributed by atoms with van der Waals surface area (Å²) in [6, 6.07) is 15.5. The lowest BCUT2D eigenvalue weighted by Gasteiger charge is -2.07. The van der Waals surface area contributed by atoms with Crippen molar-refractivity contribution < 1.29 is 4.21 Å². The third-order valence-electron chi connectivity index (χ3n) is 2.78. The van der Waals surface area contributed by atoms with Crippen molar-refractivity contribution in [1.82, 2.24) is 0 Å². The highest BCUT2D eigenvalue weighted by atomic mass is 32.2. The summed E-state index contributed by atoms with van der Waals surface area (Å²) < 4.78 is 11.3. The van der Waals surface area contributed by atoms with Crippen molar-refractivity contribution in [3.8, 4) is 12.3 Å². The maximum Gasteiger partial charge on any atom is 0.0498 e. The van der Waals surface area contributed by atoms with E-state index in [2.05, 4.69) is 11.2 Å². The van der Waals surface area contributed by atoms with Crippen molar-refractivity contribution in [2.24, 2.45) is 0 Å². The molecule has 0 aliphatic rings. The molecule has 2 aromatic rings. The third kappa shape index (κ3) is 3.70. The first-order chi connectivity index (χ1) is 9.19. The maximum atomic E-state index is 11.3. The van der Waals surface area contributed by atoms with Gasteiger partial charge in [0.05, 0.1) is 0 Å². The number of hydrogen-bond acceptors (Lipinski definition) is 2. The molecule has 0 aliphatic heterocycles. The molecule has 1 atom stereocenters. The molecule has 2 nitrogen and oxygen atoms in total. The summed E-state index contributed by atoms with van der Waals surface area (Å²) in [6.45, 7) is 0.713. The van der Waals surface area contributed by atoms with Crippen LogP contribution in [0.15, 0.2) is 53.4 Å². The molecule has 0 radical (unpaired) electrons. The molecule has 0 fully saturated rings. The summed E-state index contributed by atoms with van der Waals surface area (Å²) in [5, 5.41) is 3.31. The van der Waals surface area contributed by atoms with Gasteiger partial charge < -0.3 is 5.32 Å². The minimum Gasteiger partial charge on any atom is -0.381 e. The zero-order valence-electron chi connectivity index (χ0n) is 10.7. The molecule has 0 unspecified atom stereocenters. The summed E-state index contributed by atoms with van der Waals surface area (Å²) in [5.41, 5.74) is 3.00. The SMILES string of the molecule is C#Cc1cccc(NCc2ccc([S@@](C)=O)cc2)c1. The smallest absolute Gasteiger partial charge is 0.0498 e. The molecule has 0 saturated heterocycles. The molecule has 19 heavy (non-hydrogen) atoms. The van der Waals surface area contributed by atoms with E-state index in [0.717, 1.165) is 21.7 Å². The van der Waals surface area contributed by atoms with E-state index in [1.165, 1.54) is 0 Å². The first kappa shape index (κ1) is 13.4. The van der Waals surface area contributed by atoms with Gasteiger partial charge in [0.25, 0.3) is 0 Å². The van der Waals surface area contributed by atoms with Crippen molar-refractivity contribution in [3.63, 3.8) is 0 Å². The standard InChI is InChI=1S/C16H15NOS/c1-3-13-5-4-6-15(11-13)17-12-14-7-9-16(10-8-14)19(2)18/h1,4-11,17H,12H2,2H3/t19-/m1/s1. The maximum absolute atomic E-state index is 11.3. The van der Waals surface area contributed by atoms with Crippen LogP contribution < -0.4 is 5.32 Å². The predicted octanol–water partition coefficient (Wildman–Crippen LogP) is 3.02. The summed E-state index contributed by atoms with van der Waals surface area (Å²) in [4.78, 5) is 0.845. The Bertz CT molecular complexity index is 626. The Morgan fingerprint density at radius 1 is 1.21 bits per heavy atom. The van der Waals surface area contributed by atoms with E-state index in [4.69, 9.17) is 6.42 Å². The molecule has 2 aromatic carbocycles. The predicted molar refractivity (Wildman–Crippen MR) is 80.5 cm³/mol. The number of terminal acetylenes is 1. The Balaban J connectivity index is 2.02. The first-order valence-electron chi connectivity index (χ1n) is 5.92. The molecule has 0 saturated carbocycles. The van der Waals surface area contributed by atoms with Gasteiger partial charge >= 0.3 is 0 Å². The van der Waals surface area contributed by atoms with Gasteiger partial charge in [0.1, 0.15) is 0 Å². The van der Waals surface area contributed by atoms with Gasteiger partial charge in [-0.3, -0.25) is 4.21 Å². The van der Waals surface area contributed by atoms with Gasteiger partial charge in [0.15, 0.2) is 0 Å². The highest BCUT2D eigenvalue weighted by Gasteiger charge is 1.98. The lowest BCUT2D eigenvalue weighted by molar-refractivity contribution is 0.687. The van der Waals surface area contributed by atoms with Crippen molar-refractivity contribution in [2.45, 2.75) is 11.4 Å². The Morgan fingerprint density at radius 3 is 2.58 bits per heavy atom. The topological polar surface area (TPSA) is 29.1 Å². The van der Waals surface area contributed by atoms with Gasteiger partial charge in [-0.05, 0) is 35.9 Å². The Labute approximate surface area is 116 Å². The van der Waals surface area contributed by atoms with Crippen LogP contribution in [0.25, 0.3) is 0 Å². The van der Waals surface area contributed by atoms with E-state index in [-0.39, 0.29) is 0 Å². The van der Waals surface area contributed by atoms with Crippen molar-refractivity contribution >= 4 is 16.5 Å². The molecule has 0 amide bonds. The van der Waals surface area contributed by atoms with Crippen molar-refractivity contribution in [2.75, 3.05) is 11.6 Å². The lowest BCUT2D eigenvalue weighted by Crippen LogP contribution is -1.99. The number of anilines is 1. The van der Waals surface area contributed by atoms with E-state index in [0.29, 0.717) is 6.54 Å². The fraction of sp³-hybridized carbons (Fsp3) is 0.125. The first-order valence-corrected chi connectivity index (χ1v) is 7.48. The second kappa shape index (κ2) is 6.21. The Kier molecular flexibility index (Phi) is 4.38. The van der Waals surface area contributed by atoms with Crippen LogP contribution >= 0.6 is 0 Å². The summed E-state index contributed by atoms with van der Waals surface area (Å²) in [7, 11) is -0.924. The Hall–Kier alpha value is -2.05. The van der Waals surface area contributed by atoms with Crippen LogP contribution in [0.5, 0.6) is 0 Å². The fourth-order valence-corrected chi connectivity index (χ4v) is 2.24. The van der Waals surface area contributed by atoms with Crippen molar-refractivity contribution in [3.05, 3.63) is 59.7 Å². The number of rotatable bonds is 4. The molecule has 0 bridgehead atoms. The van der Waals surface area contributed by atoms with E-state index >= 15 is 0 Å². The average molecular weight is 269 g/mol. The molecular formula is C16H15NOS. The molecule has 3 heteroatoms. The second-order valence-electron chi connectivity index (χ2n) is 4.18. The minimum atomic E-state index is -0.924. The zero-order chi connectivity index (χ0) is 13.7. The van der Waals surface area contributed by atoms with E-state index in [9.17, 15) is 4.21 Å². The van der Waals surface area contributed by atoms with Crippen LogP contribution in [-0.4, -0.2) is 10.5 Å². The lowest BCUT2D eigenvalue weighted by atomic mass is 10.2.